The monoisotopic (exact) mass is 196 g/mol. The fourth-order valence-electron chi connectivity index (χ4n) is 1.73. The SMILES string of the molecule is Cc1nn2c(c1[N+](=O)[O-])NCC(C)C2. The molecule has 0 bridgehead atoms. The third-order valence-corrected chi connectivity index (χ3v) is 2.38. The van der Waals surface area contributed by atoms with E-state index in [1.807, 2.05) is 0 Å². The Hall–Kier alpha value is -1.59. The fourth-order valence-corrected chi connectivity index (χ4v) is 1.73. The van der Waals surface area contributed by atoms with Crippen molar-refractivity contribution in [2.75, 3.05) is 11.9 Å². The zero-order valence-corrected chi connectivity index (χ0v) is 8.15. The zero-order chi connectivity index (χ0) is 10.3. The van der Waals surface area contributed by atoms with E-state index < -0.39 is 0 Å². The van der Waals surface area contributed by atoms with Crippen LogP contribution in [0.25, 0.3) is 0 Å². The van der Waals surface area contributed by atoms with Crippen molar-refractivity contribution < 1.29 is 4.92 Å². The molecule has 0 radical (unpaired) electrons. The van der Waals surface area contributed by atoms with E-state index in [4.69, 9.17) is 0 Å². The van der Waals surface area contributed by atoms with Gasteiger partial charge in [0.2, 0.25) is 5.82 Å². The lowest BCUT2D eigenvalue weighted by molar-refractivity contribution is -0.384. The van der Waals surface area contributed by atoms with Gasteiger partial charge in [0.15, 0.2) is 0 Å². The number of aromatic nitrogens is 2. The second-order valence-corrected chi connectivity index (χ2v) is 3.71. The first-order chi connectivity index (χ1) is 6.59. The molecule has 0 saturated heterocycles. The fraction of sp³-hybridized carbons (Fsp3) is 0.625. The summed E-state index contributed by atoms with van der Waals surface area (Å²) < 4.78 is 1.68. The Kier molecular flexibility index (Phi) is 1.90. The molecule has 1 aromatic heterocycles. The smallest absolute Gasteiger partial charge is 0.333 e. The molecule has 2 heterocycles. The van der Waals surface area contributed by atoms with E-state index in [0.717, 1.165) is 13.1 Å². The van der Waals surface area contributed by atoms with Crippen LogP contribution in [0.1, 0.15) is 12.6 Å². The molecule has 0 spiro atoms. The van der Waals surface area contributed by atoms with Crippen molar-refractivity contribution in [3.8, 4) is 0 Å². The maximum atomic E-state index is 10.7. The Morgan fingerprint density at radius 1 is 1.71 bits per heavy atom. The minimum absolute atomic E-state index is 0.108. The van der Waals surface area contributed by atoms with Gasteiger partial charge in [-0.1, -0.05) is 6.92 Å². The average molecular weight is 196 g/mol. The highest BCUT2D eigenvalue weighted by atomic mass is 16.6. The first-order valence-corrected chi connectivity index (χ1v) is 4.55. The normalized spacial score (nSPS) is 20.0. The Bertz CT molecular complexity index is 385. The maximum absolute atomic E-state index is 10.7. The molecule has 1 aliphatic heterocycles. The molecule has 1 unspecified atom stereocenters. The van der Waals surface area contributed by atoms with Crippen LogP contribution in [0.3, 0.4) is 0 Å². The molecule has 0 aromatic carbocycles. The van der Waals surface area contributed by atoms with Crippen LogP contribution in [0, 0.1) is 23.0 Å². The summed E-state index contributed by atoms with van der Waals surface area (Å²) in [5.74, 6) is 1.01. The van der Waals surface area contributed by atoms with Crippen molar-refractivity contribution in [3.05, 3.63) is 15.8 Å². The second kappa shape index (κ2) is 2.97. The molecule has 0 aliphatic carbocycles. The summed E-state index contributed by atoms with van der Waals surface area (Å²) in [6.07, 6.45) is 0. The van der Waals surface area contributed by atoms with E-state index in [1.165, 1.54) is 0 Å². The number of hydrogen-bond donors (Lipinski definition) is 1. The van der Waals surface area contributed by atoms with E-state index in [1.54, 1.807) is 11.6 Å². The second-order valence-electron chi connectivity index (χ2n) is 3.71. The van der Waals surface area contributed by atoms with Gasteiger partial charge in [0.1, 0.15) is 5.69 Å². The molecule has 0 fully saturated rings. The Labute approximate surface area is 81.1 Å². The molecule has 0 saturated carbocycles. The van der Waals surface area contributed by atoms with Gasteiger partial charge in [0.25, 0.3) is 0 Å². The molecule has 14 heavy (non-hydrogen) atoms. The number of anilines is 1. The molecular weight excluding hydrogens is 184 g/mol. The summed E-state index contributed by atoms with van der Waals surface area (Å²) in [4.78, 5) is 10.4. The largest absolute Gasteiger partial charge is 0.364 e. The average Bonchev–Trinajstić information content (AvgIpc) is 2.39. The summed E-state index contributed by atoms with van der Waals surface area (Å²) in [6, 6.07) is 0. The van der Waals surface area contributed by atoms with E-state index in [-0.39, 0.29) is 10.6 Å². The molecule has 6 nitrogen and oxygen atoms in total. The van der Waals surface area contributed by atoms with Gasteiger partial charge in [-0.2, -0.15) is 5.10 Å². The predicted molar refractivity (Wildman–Crippen MR) is 51.3 cm³/mol. The van der Waals surface area contributed by atoms with Gasteiger partial charge >= 0.3 is 5.69 Å². The number of nitrogens with one attached hydrogen (secondary N) is 1. The Morgan fingerprint density at radius 2 is 2.43 bits per heavy atom. The van der Waals surface area contributed by atoms with Crippen LogP contribution in [-0.2, 0) is 6.54 Å². The number of rotatable bonds is 1. The van der Waals surface area contributed by atoms with Crippen LogP contribution in [0.2, 0.25) is 0 Å². The number of aryl methyl sites for hydroxylation is 1. The number of nitrogens with zero attached hydrogens (tertiary/aromatic N) is 3. The van der Waals surface area contributed by atoms with E-state index >= 15 is 0 Å². The maximum Gasteiger partial charge on any atom is 0.333 e. The van der Waals surface area contributed by atoms with Crippen molar-refractivity contribution >= 4 is 11.5 Å². The quantitative estimate of drug-likeness (QED) is 0.540. The molecule has 1 aliphatic rings. The number of hydrogen-bond acceptors (Lipinski definition) is 4. The van der Waals surface area contributed by atoms with Crippen LogP contribution in [0.4, 0.5) is 11.5 Å². The van der Waals surface area contributed by atoms with Gasteiger partial charge in [-0.25, -0.2) is 4.68 Å². The van der Waals surface area contributed by atoms with Crippen molar-refractivity contribution in [1.29, 1.82) is 0 Å². The minimum Gasteiger partial charge on any atom is -0.364 e. The van der Waals surface area contributed by atoms with Gasteiger partial charge < -0.3 is 5.32 Å². The first kappa shape index (κ1) is 8.98. The molecule has 0 amide bonds. The highest BCUT2D eigenvalue weighted by molar-refractivity contribution is 5.60. The Balaban J connectivity index is 2.49. The molecule has 1 atom stereocenters. The lowest BCUT2D eigenvalue weighted by Gasteiger charge is -2.20. The van der Waals surface area contributed by atoms with Crippen molar-refractivity contribution in [2.24, 2.45) is 5.92 Å². The van der Waals surface area contributed by atoms with Gasteiger partial charge in [-0.3, -0.25) is 10.1 Å². The van der Waals surface area contributed by atoms with E-state index in [0.29, 0.717) is 17.4 Å². The van der Waals surface area contributed by atoms with Crippen molar-refractivity contribution in [2.45, 2.75) is 20.4 Å². The van der Waals surface area contributed by atoms with Crippen molar-refractivity contribution in [3.63, 3.8) is 0 Å². The highest BCUT2D eigenvalue weighted by Gasteiger charge is 2.28. The summed E-state index contributed by atoms with van der Waals surface area (Å²) >= 11 is 0. The van der Waals surface area contributed by atoms with Crippen molar-refractivity contribution in [1.82, 2.24) is 9.78 Å². The van der Waals surface area contributed by atoms with Gasteiger partial charge in [0, 0.05) is 13.1 Å². The standard InChI is InChI=1S/C8H12N4O2/c1-5-3-9-8-7(12(13)14)6(2)10-11(8)4-5/h5,9H,3-4H2,1-2H3. The third-order valence-electron chi connectivity index (χ3n) is 2.38. The lowest BCUT2D eigenvalue weighted by Crippen LogP contribution is -2.25. The first-order valence-electron chi connectivity index (χ1n) is 4.55. The number of nitro groups is 1. The molecule has 2 rings (SSSR count). The van der Waals surface area contributed by atoms with E-state index in [2.05, 4.69) is 17.3 Å². The highest BCUT2D eigenvalue weighted by Crippen LogP contribution is 2.30. The van der Waals surface area contributed by atoms with Crippen LogP contribution >= 0.6 is 0 Å². The summed E-state index contributed by atoms with van der Waals surface area (Å²) in [7, 11) is 0. The zero-order valence-electron chi connectivity index (χ0n) is 8.15. The summed E-state index contributed by atoms with van der Waals surface area (Å²) in [6.45, 7) is 5.26. The van der Waals surface area contributed by atoms with Crippen LogP contribution in [-0.4, -0.2) is 21.2 Å². The van der Waals surface area contributed by atoms with Crippen LogP contribution < -0.4 is 5.32 Å². The van der Waals surface area contributed by atoms with Gasteiger partial charge in [-0.15, -0.1) is 0 Å². The molecule has 1 N–H and O–H groups in total. The lowest BCUT2D eigenvalue weighted by atomic mass is 10.1. The van der Waals surface area contributed by atoms with Crippen LogP contribution in [0.15, 0.2) is 0 Å². The molecule has 1 aromatic rings. The van der Waals surface area contributed by atoms with Gasteiger partial charge in [-0.05, 0) is 12.8 Å². The van der Waals surface area contributed by atoms with Gasteiger partial charge in [0.05, 0.1) is 4.92 Å². The summed E-state index contributed by atoms with van der Waals surface area (Å²) in [5.41, 5.74) is 0.587. The van der Waals surface area contributed by atoms with E-state index in [9.17, 15) is 10.1 Å². The minimum atomic E-state index is -0.378. The third kappa shape index (κ3) is 1.23. The molecule has 6 heteroatoms. The molecule has 76 valence electrons. The topological polar surface area (TPSA) is 73.0 Å². The predicted octanol–water partition coefficient (Wildman–Crippen LogP) is 1.16. The number of fused-ring (bicyclic) bond motifs is 1. The summed E-state index contributed by atoms with van der Waals surface area (Å²) in [5, 5.41) is 17.9. The molecular formula is C8H12N4O2. The van der Waals surface area contributed by atoms with Crippen LogP contribution in [0.5, 0.6) is 0 Å². The Morgan fingerprint density at radius 3 is 3.07 bits per heavy atom.